The fraction of sp³-hybridized carbons (Fsp3) is 0.429. The first-order valence-electron chi connectivity index (χ1n) is 6.31. The normalized spacial score (nSPS) is 12.9. The average molecular weight is 245 g/mol. The topological polar surface area (TPSA) is 64.9 Å². The number of hydrogen-bond donors (Lipinski definition) is 1. The van der Waals surface area contributed by atoms with Crippen LogP contribution in [0.5, 0.6) is 0 Å². The van der Waals surface area contributed by atoms with Crippen molar-refractivity contribution in [3.8, 4) is 11.5 Å². The molecule has 0 bridgehead atoms. The molecule has 1 atom stereocenters. The fourth-order valence-electron chi connectivity index (χ4n) is 1.69. The van der Waals surface area contributed by atoms with Gasteiger partial charge in [0.2, 0.25) is 11.8 Å². The van der Waals surface area contributed by atoms with E-state index in [4.69, 9.17) is 10.2 Å². The maximum Gasteiger partial charge on any atom is 0.247 e. The first-order valence-corrected chi connectivity index (χ1v) is 6.31. The molecule has 1 aromatic carbocycles. The fourth-order valence-corrected chi connectivity index (χ4v) is 1.69. The van der Waals surface area contributed by atoms with Crippen molar-refractivity contribution in [3.63, 3.8) is 0 Å². The van der Waals surface area contributed by atoms with E-state index in [1.165, 1.54) is 5.56 Å². The van der Waals surface area contributed by atoms with Crippen LogP contribution in [-0.4, -0.2) is 10.2 Å². The van der Waals surface area contributed by atoms with E-state index >= 15 is 0 Å². The zero-order valence-corrected chi connectivity index (χ0v) is 11.1. The highest BCUT2D eigenvalue weighted by Gasteiger charge is 2.13. The van der Waals surface area contributed by atoms with Crippen LogP contribution in [0.15, 0.2) is 28.7 Å². The quantitative estimate of drug-likeness (QED) is 0.897. The van der Waals surface area contributed by atoms with Crippen molar-refractivity contribution in [2.75, 3.05) is 0 Å². The van der Waals surface area contributed by atoms with Crippen LogP contribution >= 0.6 is 0 Å². The Bertz CT molecular complexity index is 502. The summed E-state index contributed by atoms with van der Waals surface area (Å²) in [6.45, 7) is 6.33. The average Bonchev–Trinajstić information content (AvgIpc) is 2.87. The lowest BCUT2D eigenvalue weighted by atomic mass is 10.0. The van der Waals surface area contributed by atoms with Gasteiger partial charge in [0.1, 0.15) is 0 Å². The van der Waals surface area contributed by atoms with E-state index in [-0.39, 0.29) is 6.04 Å². The molecule has 0 aliphatic rings. The molecule has 18 heavy (non-hydrogen) atoms. The highest BCUT2D eigenvalue weighted by molar-refractivity contribution is 5.53. The number of hydrogen-bond acceptors (Lipinski definition) is 4. The maximum absolute atomic E-state index is 5.85. The van der Waals surface area contributed by atoms with Gasteiger partial charge in [0, 0.05) is 5.56 Å². The highest BCUT2D eigenvalue weighted by Crippen LogP contribution is 2.23. The predicted octanol–water partition coefficient (Wildman–Crippen LogP) is 3.27. The molecule has 0 amide bonds. The van der Waals surface area contributed by atoms with Gasteiger partial charge in [0.15, 0.2) is 0 Å². The van der Waals surface area contributed by atoms with Crippen LogP contribution in [0, 0.1) is 0 Å². The molecule has 1 aromatic heterocycles. The summed E-state index contributed by atoms with van der Waals surface area (Å²) in [5.74, 6) is 1.55. The van der Waals surface area contributed by atoms with Gasteiger partial charge in [-0.25, -0.2) is 0 Å². The van der Waals surface area contributed by atoms with Crippen molar-refractivity contribution < 1.29 is 4.42 Å². The standard InChI is InChI=1S/C14H19N3O/c1-4-12(15)14-17-16-13(18-14)11-7-5-10(6-8-11)9(2)3/h5-9,12H,4,15H2,1-3H3. The molecule has 0 fully saturated rings. The predicted molar refractivity (Wildman–Crippen MR) is 71.0 cm³/mol. The number of nitrogens with zero attached hydrogens (tertiary/aromatic N) is 2. The molecule has 0 saturated carbocycles. The maximum atomic E-state index is 5.85. The third-order valence-electron chi connectivity index (χ3n) is 3.02. The van der Waals surface area contributed by atoms with E-state index in [0.717, 1.165) is 12.0 Å². The SMILES string of the molecule is CCC(N)c1nnc(-c2ccc(C(C)C)cc2)o1. The monoisotopic (exact) mass is 245 g/mol. The molecule has 2 aromatic rings. The summed E-state index contributed by atoms with van der Waals surface area (Å²) in [5, 5.41) is 8.01. The Balaban J connectivity index is 2.23. The molecule has 2 N–H and O–H groups in total. The zero-order valence-electron chi connectivity index (χ0n) is 11.1. The summed E-state index contributed by atoms with van der Waals surface area (Å²) in [5.41, 5.74) is 8.08. The van der Waals surface area contributed by atoms with Crippen LogP contribution < -0.4 is 5.73 Å². The Morgan fingerprint density at radius 2 is 1.83 bits per heavy atom. The molecule has 1 heterocycles. The van der Waals surface area contributed by atoms with Crippen molar-refractivity contribution in [1.82, 2.24) is 10.2 Å². The summed E-state index contributed by atoms with van der Waals surface area (Å²) in [6.07, 6.45) is 0.786. The van der Waals surface area contributed by atoms with Crippen molar-refractivity contribution >= 4 is 0 Å². The first-order chi connectivity index (χ1) is 8.61. The second kappa shape index (κ2) is 5.31. The van der Waals surface area contributed by atoms with Gasteiger partial charge in [-0.05, 0) is 30.0 Å². The number of benzene rings is 1. The third kappa shape index (κ3) is 2.59. The van der Waals surface area contributed by atoms with Gasteiger partial charge in [-0.2, -0.15) is 0 Å². The van der Waals surface area contributed by atoms with Crippen LogP contribution in [0.3, 0.4) is 0 Å². The minimum atomic E-state index is -0.179. The molecule has 0 saturated heterocycles. The van der Waals surface area contributed by atoms with Crippen LogP contribution in [0.25, 0.3) is 11.5 Å². The van der Waals surface area contributed by atoms with Crippen molar-refractivity contribution in [3.05, 3.63) is 35.7 Å². The van der Waals surface area contributed by atoms with E-state index in [9.17, 15) is 0 Å². The summed E-state index contributed by atoms with van der Waals surface area (Å²) < 4.78 is 5.58. The zero-order chi connectivity index (χ0) is 13.1. The summed E-state index contributed by atoms with van der Waals surface area (Å²) in [6, 6.07) is 8.00. The molecule has 1 unspecified atom stereocenters. The van der Waals surface area contributed by atoms with Crippen molar-refractivity contribution in [2.24, 2.45) is 5.73 Å². The summed E-state index contributed by atoms with van der Waals surface area (Å²) >= 11 is 0. The Morgan fingerprint density at radius 1 is 1.17 bits per heavy atom. The Hall–Kier alpha value is -1.68. The van der Waals surface area contributed by atoms with Gasteiger partial charge < -0.3 is 10.2 Å². The first kappa shape index (κ1) is 12.8. The minimum absolute atomic E-state index is 0.179. The summed E-state index contributed by atoms with van der Waals surface area (Å²) in [4.78, 5) is 0. The van der Waals surface area contributed by atoms with E-state index < -0.39 is 0 Å². The number of rotatable bonds is 4. The van der Waals surface area contributed by atoms with Crippen LogP contribution in [0.4, 0.5) is 0 Å². The van der Waals surface area contributed by atoms with Gasteiger partial charge in [0.05, 0.1) is 6.04 Å². The molecule has 2 rings (SSSR count). The van der Waals surface area contributed by atoms with E-state index in [0.29, 0.717) is 17.7 Å². The molecule has 0 spiro atoms. The molecule has 0 aliphatic carbocycles. The molecule has 4 nitrogen and oxygen atoms in total. The van der Waals surface area contributed by atoms with Crippen molar-refractivity contribution in [1.29, 1.82) is 0 Å². The lowest BCUT2D eigenvalue weighted by molar-refractivity contribution is 0.452. The summed E-state index contributed by atoms with van der Waals surface area (Å²) in [7, 11) is 0. The third-order valence-corrected chi connectivity index (χ3v) is 3.02. The largest absolute Gasteiger partial charge is 0.419 e. The van der Waals surface area contributed by atoms with E-state index in [1.807, 2.05) is 19.1 Å². The molecule has 0 radical (unpaired) electrons. The second-order valence-electron chi connectivity index (χ2n) is 4.74. The lowest BCUT2D eigenvalue weighted by Crippen LogP contribution is -2.08. The number of aromatic nitrogens is 2. The van der Waals surface area contributed by atoms with E-state index in [1.54, 1.807) is 0 Å². The Morgan fingerprint density at radius 3 is 2.39 bits per heavy atom. The lowest BCUT2D eigenvalue weighted by Gasteiger charge is -2.04. The molecular weight excluding hydrogens is 226 g/mol. The Labute approximate surface area is 107 Å². The molecule has 4 heteroatoms. The van der Waals surface area contributed by atoms with Gasteiger partial charge in [-0.1, -0.05) is 32.9 Å². The van der Waals surface area contributed by atoms with Crippen molar-refractivity contribution in [2.45, 2.75) is 39.2 Å². The van der Waals surface area contributed by atoms with E-state index in [2.05, 4.69) is 36.2 Å². The van der Waals surface area contributed by atoms with Crippen LogP contribution in [-0.2, 0) is 0 Å². The van der Waals surface area contributed by atoms with Crippen LogP contribution in [0.1, 0.15) is 50.6 Å². The minimum Gasteiger partial charge on any atom is -0.419 e. The highest BCUT2D eigenvalue weighted by atomic mass is 16.4. The molecular formula is C14H19N3O. The van der Waals surface area contributed by atoms with Gasteiger partial charge in [-0.3, -0.25) is 0 Å². The van der Waals surface area contributed by atoms with Crippen LogP contribution in [0.2, 0.25) is 0 Å². The second-order valence-corrected chi connectivity index (χ2v) is 4.74. The molecule has 0 aliphatic heterocycles. The number of nitrogens with two attached hydrogens (primary N) is 1. The van der Waals surface area contributed by atoms with Gasteiger partial charge in [-0.15, -0.1) is 10.2 Å². The van der Waals surface area contributed by atoms with Gasteiger partial charge in [0.25, 0.3) is 0 Å². The Kier molecular flexibility index (Phi) is 3.77. The molecule has 96 valence electrons. The van der Waals surface area contributed by atoms with Gasteiger partial charge >= 0.3 is 0 Å². The smallest absolute Gasteiger partial charge is 0.247 e.